The first-order valence-corrected chi connectivity index (χ1v) is 10.7. The Morgan fingerprint density at radius 2 is 1.38 bits per heavy atom. The molecule has 0 aromatic carbocycles. The third-order valence-electron chi connectivity index (χ3n) is 4.15. The third-order valence-corrected chi connectivity index (χ3v) is 4.87. The van der Waals surface area contributed by atoms with Crippen LogP contribution in [0.4, 0.5) is 0 Å². The summed E-state index contributed by atoms with van der Waals surface area (Å²) in [6.07, 6.45) is 24.3. The van der Waals surface area contributed by atoms with Crippen molar-refractivity contribution in [3.05, 3.63) is 22.7 Å². The van der Waals surface area contributed by atoms with Gasteiger partial charge in [-0.25, -0.2) is 0 Å². The number of carboxylic acid groups (broad SMARTS) is 1. The standard InChI is InChI=1S/C21H37BrO2/c1-2-3-4-5-6-7-8-9-10-11-12-13-14-17-20(22)18-15-16-19-21(23)24/h12-13,18H,2-11,14-17,19H2,1H3,(H,23,24). The van der Waals surface area contributed by atoms with Crippen molar-refractivity contribution in [2.75, 3.05) is 0 Å². The molecule has 0 fully saturated rings. The van der Waals surface area contributed by atoms with E-state index >= 15 is 0 Å². The normalized spacial score (nSPS) is 12.2. The molecular formula is C21H37BrO2. The lowest BCUT2D eigenvalue weighted by Crippen LogP contribution is -1.92. The largest absolute Gasteiger partial charge is 0.481 e. The number of hydrogen-bond acceptors (Lipinski definition) is 1. The average molecular weight is 401 g/mol. The Morgan fingerprint density at radius 1 is 0.792 bits per heavy atom. The van der Waals surface area contributed by atoms with Crippen LogP contribution in [0.3, 0.4) is 0 Å². The molecule has 2 nitrogen and oxygen atoms in total. The van der Waals surface area contributed by atoms with Crippen molar-refractivity contribution in [1.29, 1.82) is 0 Å². The Bertz CT molecular complexity index is 348. The lowest BCUT2D eigenvalue weighted by Gasteiger charge is -2.00. The zero-order valence-corrected chi connectivity index (χ0v) is 17.2. The summed E-state index contributed by atoms with van der Waals surface area (Å²) in [6, 6.07) is 0. The van der Waals surface area contributed by atoms with Crippen LogP contribution in [0.5, 0.6) is 0 Å². The molecule has 140 valence electrons. The van der Waals surface area contributed by atoms with Crippen molar-refractivity contribution in [2.24, 2.45) is 0 Å². The van der Waals surface area contributed by atoms with Gasteiger partial charge in [-0.3, -0.25) is 4.79 Å². The Labute approximate surface area is 157 Å². The molecule has 0 unspecified atom stereocenters. The summed E-state index contributed by atoms with van der Waals surface area (Å²) >= 11 is 3.56. The van der Waals surface area contributed by atoms with Crippen LogP contribution in [-0.4, -0.2) is 11.1 Å². The van der Waals surface area contributed by atoms with E-state index in [1.54, 1.807) is 0 Å². The van der Waals surface area contributed by atoms with Crippen LogP contribution in [0.15, 0.2) is 22.7 Å². The lowest BCUT2D eigenvalue weighted by molar-refractivity contribution is -0.137. The van der Waals surface area contributed by atoms with E-state index in [0.717, 1.165) is 25.7 Å². The van der Waals surface area contributed by atoms with E-state index < -0.39 is 5.97 Å². The second-order valence-electron chi connectivity index (χ2n) is 6.56. The highest BCUT2D eigenvalue weighted by Crippen LogP contribution is 2.16. The predicted molar refractivity (Wildman–Crippen MR) is 109 cm³/mol. The van der Waals surface area contributed by atoms with Crippen LogP contribution in [0.25, 0.3) is 0 Å². The summed E-state index contributed by atoms with van der Waals surface area (Å²) in [7, 11) is 0. The molecule has 0 bridgehead atoms. The van der Waals surface area contributed by atoms with E-state index in [-0.39, 0.29) is 6.42 Å². The molecular weight excluding hydrogens is 364 g/mol. The van der Waals surface area contributed by atoms with Gasteiger partial charge < -0.3 is 5.11 Å². The van der Waals surface area contributed by atoms with Crippen molar-refractivity contribution in [3.63, 3.8) is 0 Å². The van der Waals surface area contributed by atoms with Gasteiger partial charge in [-0.1, -0.05) is 92.4 Å². The molecule has 0 aromatic heterocycles. The number of carbonyl (C=O) groups is 1. The van der Waals surface area contributed by atoms with Gasteiger partial charge in [0.1, 0.15) is 0 Å². The van der Waals surface area contributed by atoms with Gasteiger partial charge in [0, 0.05) is 6.42 Å². The molecule has 0 aliphatic heterocycles. The van der Waals surface area contributed by atoms with Crippen LogP contribution < -0.4 is 0 Å². The summed E-state index contributed by atoms with van der Waals surface area (Å²) in [5.41, 5.74) is 0. The maximum Gasteiger partial charge on any atom is 0.303 e. The van der Waals surface area contributed by atoms with Crippen molar-refractivity contribution >= 4 is 21.9 Å². The summed E-state index contributed by atoms with van der Waals surface area (Å²) in [4.78, 5) is 10.4. The number of allylic oxidation sites excluding steroid dienone is 4. The minimum atomic E-state index is -0.709. The van der Waals surface area contributed by atoms with E-state index in [4.69, 9.17) is 5.11 Å². The van der Waals surface area contributed by atoms with E-state index in [9.17, 15) is 4.79 Å². The van der Waals surface area contributed by atoms with Crippen LogP contribution in [0.1, 0.15) is 103 Å². The van der Waals surface area contributed by atoms with Crippen molar-refractivity contribution in [2.45, 2.75) is 103 Å². The highest BCUT2D eigenvalue weighted by molar-refractivity contribution is 9.11. The summed E-state index contributed by atoms with van der Waals surface area (Å²) in [5, 5.41) is 8.57. The van der Waals surface area contributed by atoms with Crippen molar-refractivity contribution in [1.82, 2.24) is 0 Å². The van der Waals surface area contributed by atoms with Gasteiger partial charge in [0.2, 0.25) is 0 Å². The molecule has 0 spiro atoms. The highest BCUT2D eigenvalue weighted by Gasteiger charge is 1.96. The Balaban J connectivity index is 3.34. The molecule has 0 atom stereocenters. The molecule has 0 saturated heterocycles. The highest BCUT2D eigenvalue weighted by atomic mass is 79.9. The average Bonchev–Trinajstić information content (AvgIpc) is 2.55. The zero-order valence-electron chi connectivity index (χ0n) is 15.6. The summed E-state index contributed by atoms with van der Waals surface area (Å²) < 4.78 is 1.20. The molecule has 0 aromatic rings. The van der Waals surface area contributed by atoms with Crippen LogP contribution in [0.2, 0.25) is 0 Å². The molecule has 24 heavy (non-hydrogen) atoms. The molecule has 0 saturated carbocycles. The molecule has 0 rings (SSSR count). The smallest absolute Gasteiger partial charge is 0.303 e. The number of aliphatic carboxylic acids is 1. The number of halogens is 1. The zero-order chi connectivity index (χ0) is 17.9. The van der Waals surface area contributed by atoms with Crippen LogP contribution in [0, 0.1) is 0 Å². The lowest BCUT2D eigenvalue weighted by atomic mass is 10.1. The van der Waals surface area contributed by atoms with Crippen LogP contribution >= 0.6 is 15.9 Å². The number of hydrogen-bond donors (Lipinski definition) is 1. The Hall–Kier alpha value is -0.570. The molecule has 0 aliphatic rings. The van der Waals surface area contributed by atoms with Gasteiger partial charge in [0.15, 0.2) is 0 Å². The molecule has 0 amide bonds. The Kier molecular flexibility index (Phi) is 18.3. The van der Waals surface area contributed by atoms with Gasteiger partial charge in [-0.2, -0.15) is 0 Å². The topological polar surface area (TPSA) is 37.3 Å². The SMILES string of the molecule is CCCCCCCCCCCC=CCCC(Br)=CCCCC(=O)O. The maximum absolute atomic E-state index is 10.4. The van der Waals surface area contributed by atoms with E-state index in [0.29, 0.717) is 0 Å². The quantitative estimate of drug-likeness (QED) is 0.200. The second kappa shape index (κ2) is 18.8. The van der Waals surface area contributed by atoms with Gasteiger partial charge in [-0.15, -0.1) is 0 Å². The van der Waals surface area contributed by atoms with E-state index in [1.165, 1.54) is 68.7 Å². The second-order valence-corrected chi connectivity index (χ2v) is 7.58. The molecule has 3 heteroatoms. The van der Waals surface area contributed by atoms with Gasteiger partial charge in [0.05, 0.1) is 0 Å². The number of carboxylic acids is 1. The fourth-order valence-corrected chi connectivity index (χ4v) is 3.10. The van der Waals surface area contributed by atoms with Crippen molar-refractivity contribution in [3.8, 4) is 0 Å². The maximum atomic E-state index is 10.4. The Morgan fingerprint density at radius 3 is 2.00 bits per heavy atom. The summed E-state index contributed by atoms with van der Waals surface area (Å²) in [6.45, 7) is 2.27. The van der Waals surface area contributed by atoms with Crippen LogP contribution in [-0.2, 0) is 4.79 Å². The van der Waals surface area contributed by atoms with E-state index in [2.05, 4.69) is 41.1 Å². The molecule has 0 radical (unpaired) electrons. The fraction of sp³-hybridized carbons (Fsp3) is 0.762. The molecule has 0 heterocycles. The van der Waals surface area contributed by atoms with Crippen molar-refractivity contribution < 1.29 is 9.90 Å². The first kappa shape index (κ1) is 23.4. The first-order chi connectivity index (χ1) is 11.7. The molecule has 0 aliphatic carbocycles. The predicted octanol–water partition coefficient (Wildman–Crippen LogP) is 7.78. The number of unbranched alkanes of at least 4 members (excludes halogenated alkanes) is 10. The minimum absolute atomic E-state index is 0.259. The van der Waals surface area contributed by atoms with Gasteiger partial charge >= 0.3 is 5.97 Å². The molecule has 1 N–H and O–H groups in total. The summed E-state index contributed by atoms with van der Waals surface area (Å²) in [5.74, 6) is -0.709. The fourth-order valence-electron chi connectivity index (χ4n) is 2.64. The first-order valence-electron chi connectivity index (χ1n) is 9.88. The monoisotopic (exact) mass is 400 g/mol. The number of rotatable bonds is 17. The van der Waals surface area contributed by atoms with Gasteiger partial charge in [-0.05, 0) is 43.0 Å². The van der Waals surface area contributed by atoms with E-state index in [1.807, 2.05) is 0 Å². The third kappa shape index (κ3) is 19.5. The minimum Gasteiger partial charge on any atom is -0.481 e. The van der Waals surface area contributed by atoms with Gasteiger partial charge in [0.25, 0.3) is 0 Å².